The van der Waals surface area contributed by atoms with E-state index in [0.29, 0.717) is 25.5 Å². The van der Waals surface area contributed by atoms with Crippen LogP contribution in [0.25, 0.3) is 0 Å². The van der Waals surface area contributed by atoms with Gasteiger partial charge in [-0.15, -0.1) is 0 Å². The Labute approximate surface area is 114 Å². The number of carbonyl (C=O) groups is 1. The zero-order valence-electron chi connectivity index (χ0n) is 11.4. The molecule has 3 nitrogen and oxygen atoms in total. The second kappa shape index (κ2) is 6.98. The molecule has 0 fully saturated rings. The molecule has 1 aromatic carbocycles. The molecule has 1 N–H and O–H groups in total. The van der Waals surface area contributed by atoms with Crippen LogP contribution in [0, 0.1) is 5.92 Å². The normalized spacial score (nSPS) is 17.4. The highest BCUT2D eigenvalue weighted by Crippen LogP contribution is 2.20. The Hall–Kier alpha value is -1.77. The molecule has 0 saturated heterocycles. The molecular formula is C16H21NO2. The van der Waals surface area contributed by atoms with E-state index in [1.807, 2.05) is 31.2 Å². The van der Waals surface area contributed by atoms with E-state index >= 15 is 0 Å². The number of carbonyl (C=O) groups excluding carboxylic acids is 1. The fourth-order valence-corrected chi connectivity index (χ4v) is 2.29. The standard InChI is InChI=1S/C16H21NO2/c1-2-19-15-9-5-8-14(10-15)12-17-16(18)11-13-6-3-4-7-13/h3,5-6,8-10,13H,2,4,7,11-12H2,1H3,(H,17,18). The van der Waals surface area contributed by atoms with Crippen LogP contribution in [0.1, 0.15) is 31.7 Å². The molecule has 3 heteroatoms. The van der Waals surface area contributed by atoms with Crippen LogP contribution in [0.5, 0.6) is 5.75 Å². The van der Waals surface area contributed by atoms with Crippen LogP contribution < -0.4 is 10.1 Å². The molecule has 0 aliphatic heterocycles. The summed E-state index contributed by atoms with van der Waals surface area (Å²) in [7, 11) is 0. The van der Waals surface area contributed by atoms with E-state index in [1.54, 1.807) is 0 Å². The van der Waals surface area contributed by atoms with Crippen LogP contribution in [0.2, 0.25) is 0 Å². The molecule has 0 radical (unpaired) electrons. The number of allylic oxidation sites excluding steroid dienone is 2. The Morgan fingerprint density at radius 3 is 3.11 bits per heavy atom. The summed E-state index contributed by atoms with van der Waals surface area (Å²) in [5.74, 6) is 1.40. The van der Waals surface area contributed by atoms with Crippen LogP contribution in [0.15, 0.2) is 36.4 Å². The van der Waals surface area contributed by atoms with Crippen molar-refractivity contribution in [3.63, 3.8) is 0 Å². The second-order valence-electron chi connectivity index (χ2n) is 4.83. The quantitative estimate of drug-likeness (QED) is 0.797. The largest absolute Gasteiger partial charge is 0.494 e. The summed E-state index contributed by atoms with van der Waals surface area (Å²) in [5.41, 5.74) is 1.07. The Morgan fingerprint density at radius 1 is 1.47 bits per heavy atom. The topological polar surface area (TPSA) is 38.3 Å². The second-order valence-corrected chi connectivity index (χ2v) is 4.83. The highest BCUT2D eigenvalue weighted by molar-refractivity contribution is 5.76. The minimum absolute atomic E-state index is 0.123. The molecule has 1 aliphatic carbocycles. The smallest absolute Gasteiger partial charge is 0.220 e. The van der Waals surface area contributed by atoms with Crippen LogP contribution in [-0.2, 0) is 11.3 Å². The zero-order valence-corrected chi connectivity index (χ0v) is 11.4. The molecule has 0 heterocycles. The average Bonchev–Trinajstić information content (AvgIpc) is 2.90. The van der Waals surface area contributed by atoms with Crippen LogP contribution in [-0.4, -0.2) is 12.5 Å². The SMILES string of the molecule is CCOc1cccc(CNC(=O)CC2C=CCC2)c1. The number of hydrogen-bond acceptors (Lipinski definition) is 2. The van der Waals surface area contributed by atoms with Crippen molar-refractivity contribution >= 4 is 5.91 Å². The van der Waals surface area contributed by atoms with Gasteiger partial charge in [0.2, 0.25) is 5.91 Å². The predicted molar refractivity (Wildman–Crippen MR) is 75.9 cm³/mol. The lowest BCUT2D eigenvalue weighted by molar-refractivity contribution is -0.121. The maximum absolute atomic E-state index is 11.8. The summed E-state index contributed by atoms with van der Waals surface area (Å²) in [6.07, 6.45) is 7.11. The first-order chi connectivity index (χ1) is 9.28. The molecule has 2 rings (SSSR count). The number of rotatable bonds is 6. The molecule has 0 aromatic heterocycles. The molecular weight excluding hydrogens is 238 g/mol. The minimum atomic E-state index is 0.123. The van der Waals surface area contributed by atoms with Crippen molar-refractivity contribution in [2.75, 3.05) is 6.61 Å². The van der Waals surface area contributed by atoms with Gasteiger partial charge in [-0.25, -0.2) is 0 Å². The van der Waals surface area contributed by atoms with Gasteiger partial charge in [0.05, 0.1) is 6.61 Å². The Morgan fingerprint density at radius 2 is 2.37 bits per heavy atom. The Bertz CT molecular complexity index is 454. The number of nitrogens with one attached hydrogen (secondary N) is 1. The molecule has 1 unspecified atom stereocenters. The van der Waals surface area contributed by atoms with Gasteiger partial charge in [-0.05, 0) is 43.4 Å². The molecule has 1 aliphatic rings. The predicted octanol–water partition coefficient (Wildman–Crippen LogP) is 3.06. The molecule has 0 bridgehead atoms. The molecule has 0 saturated carbocycles. The molecule has 102 valence electrons. The van der Waals surface area contributed by atoms with E-state index in [-0.39, 0.29) is 5.91 Å². The van der Waals surface area contributed by atoms with E-state index in [9.17, 15) is 4.79 Å². The third-order valence-electron chi connectivity index (χ3n) is 3.26. The lowest BCUT2D eigenvalue weighted by Gasteiger charge is -2.10. The van der Waals surface area contributed by atoms with Crippen molar-refractivity contribution in [2.24, 2.45) is 5.92 Å². The molecule has 19 heavy (non-hydrogen) atoms. The van der Waals surface area contributed by atoms with Gasteiger partial charge >= 0.3 is 0 Å². The molecule has 1 aromatic rings. The number of amides is 1. The van der Waals surface area contributed by atoms with Crippen LogP contribution in [0.3, 0.4) is 0 Å². The summed E-state index contributed by atoms with van der Waals surface area (Å²) < 4.78 is 5.44. The van der Waals surface area contributed by atoms with Gasteiger partial charge in [0, 0.05) is 13.0 Å². The van der Waals surface area contributed by atoms with Gasteiger partial charge in [0.25, 0.3) is 0 Å². The first-order valence-electron chi connectivity index (χ1n) is 6.93. The number of hydrogen-bond donors (Lipinski definition) is 1. The maximum atomic E-state index is 11.8. The maximum Gasteiger partial charge on any atom is 0.220 e. The molecule has 1 amide bonds. The summed E-state index contributed by atoms with van der Waals surface area (Å²) in [4.78, 5) is 11.8. The summed E-state index contributed by atoms with van der Waals surface area (Å²) in [5, 5.41) is 2.97. The van der Waals surface area contributed by atoms with E-state index in [0.717, 1.165) is 24.2 Å². The highest BCUT2D eigenvalue weighted by Gasteiger charge is 2.13. The van der Waals surface area contributed by atoms with Crippen molar-refractivity contribution in [1.29, 1.82) is 0 Å². The van der Waals surface area contributed by atoms with E-state index in [4.69, 9.17) is 4.74 Å². The van der Waals surface area contributed by atoms with Gasteiger partial charge in [0.1, 0.15) is 5.75 Å². The Kier molecular flexibility index (Phi) is 5.01. The van der Waals surface area contributed by atoms with Crippen LogP contribution in [0.4, 0.5) is 0 Å². The summed E-state index contributed by atoms with van der Waals surface area (Å²) in [6.45, 7) is 3.18. The van der Waals surface area contributed by atoms with Gasteiger partial charge in [-0.3, -0.25) is 4.79 Å². The van der Waals surface area contributed by atoms with Gasteiger partial charge in [-0.2, -0.15) is 0 Å². The van der Waals surface area contributed by atoms with E-state index < -0.39 is 0 Å². The average molecular weight is 259 g/mol. The monoisotopic (exact) mass is 259 g/mol. The molecule has 0 spiro atoms. The van der Waals surface area contributed by atoms with Gasteiger partial charge < -0.3 is 10.1 Å². The third kappa shape index (κ3) is 4.43. The minimum Gasteiger partial charge on any atom is -0.494 e. The van der Waals surface area contributed by atoms with Crippen molar-refractivity contribution in [1.82, 2.24) is 5.32 Å². The fourth-order valence-electron chi connectivity index (χ4n) is 2.29. The summed E-state index contributed by atoms with van der Waals surface area (Å²) >= 11 is 0. The lowest BCUT2D eigenvalue weighted by Crippen LogP contribution is -2.24. The molecule has 1 atom stereocenters. The number of benzene rings is 1. The van der Waals surface area contributed by atoms with Crippen LogP contribution >= 0.6 is 0 Å². The van der Waals surface area contributed by atoms with Gasteiger partial charge in [0.15, 0.2) is 0 Å². The van der Waals surface area contributed by atoms with Crippen molar-refractivity contribution in [3.05, 3.63) is 42.0 Å². The van der Waals surface area contributed by atoms with Gasteiger partial charge in [-0.1, -0.05) is 24.3 Å². The number of ether oxygens (including phenoxy) is 1. The first-order valence-corrected chi connectivity index (χ1v) is 6.93. The van der Waals surface area contributed by atoms with E-state index in [1.165, 1.54) is 0 Å². The van der Waals surface area contributed by atoms with Crippen molar-refractivity contribution in [2.45, 2.75) is 32.7 Å². The Balaban J connectivity index is 1.79. The van der Waals surface area contributed by atoms with E-state index in [2.05, 4.69) is 17.5 Å². The lowest BCUT2D eigenvalue weighted by atomic mass is 10.1. The fraction of sp³-hybridized carbons (Fsp3) is 0.438. The third-order valence-corrected chi connectivity index (χ3v) is 3.26. The first kappa shape index (κ1) is 13.7. The zero-order chi connectivity index (χ0) is 13.5. The van der Waals surface area contributed by atoms with Crippen molar-refractivity contribution < 1.29 is 9.53 Å². The summed E-state index contributed by atoms with van der Waals surface area (Å²) in [6, 6.07) is 7.85. The van der Waals surface area contributed by atoms with Crippen molar-refractivity contribution in [3.8, 4) is 5.75 Å². The highest BCUT2D eigenvalue weighted by atomic mass is 16.5.